The van der Waals surface area contributed by atoms with E-state index in [-0.39, 0.29) is 35.6 Å². The van der Waals surface area contributed by atoms with Gasteiger partial charge in [0.25, 0.3) is 0 Å². The highest BCUT2D eigenvalue weighted by Crippen LogP contribution is 2.32. The van der Waals surface area contributed by atoms with E-state index in [1.54, 1.807) is 56.7 Å². The molecule has 1 N–H and O–H groups in total. The Morgan fingerprint density at radius 3 is 2.62 bits per heavy atom. The molecule has 4 rings (SSSR count). The van der Waals surface area contributed by atoms with E-state index >= 15 is 0 Å². The second-order valence-electron chi connectivity index (χ2n) is 8.14. The van der Waals surface area contributed by atoms with Crippen molar-refractivity contribution in [2.75, 3.05) is 26.1 Å². The molecule has 1 heterocycles. The second kappa shape index (κ2) is 12.1. The van der Waals surface area contributed by atoms with Crippen LogP contribution in [0.5, 0.6) is 11.5 Å². The van der Waals surface area contributed by atoms with Crippen LogP contribution in [0.1, 0.15) is 12.0 Å². The first kappa shape index (κ1) is 26.5. The molecule has 37 heavy (non-hydrogen) atoms. The zero-order valence-electron chi connectivity index (χ0n) is 20.2. The normalized spacial score (nSPS) is 16.5. The standard InChI is InChI=1S/C27H25ClFN3O4S/c1-35-22-11-10-17(14-23(22)36-2)12-13-32-25(33)16-24(26(34)30-19-7-5-6-18(28)15-19)37-27(32)31-21-9-4-3-8-20(21)29/h3-11,14-15,24H,12-13,16H2,1-2H3,(H,30,34). The van der Waals surface area contributed by atoms with Crippen LogP contribution in [-0.4, -0.2) is 47.9 Å². The average molecular weight is 542 g/mol. The number of thioether (sulfide) groups is 1. The molecular formula is C27H25ClFN3O4S. The van der Waals surface area contributed by atoms with Gasteiger partial charge in [-0.05, 0) is 54.4 Å². The van der Waals surface area contributed by atoms with E-state index in [9.17, 15) is 14.0 Å². The quantitative estimate of drug-likeness (QED) is 0.396. The Hall–Kier alpha value is -3.56. The molecule has 192 valence electrons. The first-order valence-electron chi connectivity index (χ1n) is 11.5. The molecule has 0 saturated carbocycles. The monoisotopic (exact) mass is 541 g/mol. The predicted molar refractivity (Wildman–Crippen MR) is 145 cm³/mol. The van der Waals surface area contributed by atoms with Crippen molar-refractivity contribution < 1.29 is 23.5 Å². The van der Waals surface area contributed by atoms with Crippen LogP contribution in [0.2, 0.25) is 5.02 Å². The number of hydrogen-bond donors (Lipinski definition) is 1. The largest absolute Gasteiger partial charge is 0.493 e. The van der Waals surface area contributed by atoms with E-state index in [1.165, 1.54) is 17.0 Å². The van der Waals surface area contributed by atoms with Crippen LogP contribution in [-0.2, 0) is 16.0 Å². The van der Waals surface area contributed by atoms with E-state index in [4.69, 9.17) is 21.1 Å². The molecule has 10 heteroatoms. The molecule has 1 atom stereocenters. The molecule has 1 unspecified atom stereocenters. The summed E-state index contributed by atoms with van der Waals surface area (Å²) < 4.78 is 25.1. The van der Waals surface area contributed by atoms with E-state index in [0.29, 0.717) is 28.6 Å². The minimum Gasteiger partial charge on any atom is -0.493 e. The summed E-state index contributed by atoms with van der Waals surface area (Å²) in [6, 6.07) is 18.3. The number of aliphatic imine (C=N–C) groups is 1. The van der Waals surface area contributed by atoms with Crippen molar-refractivity contribution in [2.24, 2.45) is 4.99 Å². The van der Waals surface area contributed by atoms with Crippen molar-refractivity contribution in [1.29, 1.82) is 0 Å². The number of hydrogen-bond acceptors (Lipinski definition) is 6. The number of carbonyl (C=O) groups is 2. The Labute approximate surface area is 223 Å². The molecular weight excluding hydrogens is 517 g/mol. The number of rotatable bonds is 8. The molecule has 2 amide bonds. The van der Waals surface area contributed by atoms with E-state index in [0.717, 1.165) is 17.3 Å². The molecule has 1 aliphatic rings. The zero-order chi connectivity index (χ0) is 26.4. The van der Waals surface area contributed by atoms with Crippen LogP contribution in [0.15, 0.2) is 71.7 Å². The second-order valence-corrected chi connectivity index (χ2v) is 9.75. The molecule has 0 aliphatic carbocycles. The number of benzene rings is 3. The highest BCUT2D eigenvalue weighted by Gasteiger charge is 2.36. The summed E-state index contributed by atoms with van der Waals surface area (Å²) in [5, 5.41) is 2.79. The molecule has 1 saturated heterocycles. The Kier molecular flexibility index (Phi) is 8.68. The number of amidine groups is 1. The topological polar surface area (TPSA) is 80.2 Å². The van der Waals surface area contributed by atoms with Gasteiger partial charge < -0.3 is 14.8 Å². The van der Waals surface area contributed by atoms with Crippen LogP contribution in [0.4, 0.5) is 15.8 Å². The van der Waals surface area contributed by atoms with Crippen LogP contribution < -0.4 is 14.8 Å². The molecule has 0 aromatic heterocycles. The summed E-state index contributed by atoms with van der Waals surface area (Å²) in [5.41, 5.74) is 1.53. The lowest BCUT2D eigenvalue weighted by atomic mass is 10.1. The van der Waals surface area contributed by atoms with Crippen LogP contribution in [0.25, 0.3) is 0 Å². The van der Waals surface area contributed by atoms with Crippen molar-refractivity contribution >= 4 is 51.7 Å². The minimum absolute atomic E-state index is 0.0285. The lowest BCUT2D eigenvalue weighted by Gasteiger charge is -2.32. The SMILES string of the molecule is COc1ccc(CCN2C(=O)CC(C(=O)Nc3cccc(Cl)c3)SC2=Nc2ccccc2F)cc1OC. The molecule has 7 nitrogen and oxygen atoms in total. The van der Waals surface area contributed by atoms with Gasteiger partial charge in [-0.25, -0.2) is 9.38 Å². The lowest BCUT2D eigenvalue weighted by Crippen LogP contribution is -2.46. The molecule has 1 fully saturated rings. The highest BCUT2D eigenvalue weighted by molar-refractivity contribution is 8.15. The molecule has 1 aliphatic heterocycles. The Bertz CT molecular complexity index is 1340. The zero-order valence-corrected chi connectivity index (χ0v) is 21.8. The predicted octanol–water partition coefficient (Wildman–Crippen LogP) is 5.70. The highest BCUT2D eigenvalue weighted by atomic mass is 35.5. The number of methoxy groups -OCH3 is 2. The van der Waals surface area contributed by atoms with Crippen LogP contribution in [0.3, 0.4) is 0 Å². The van der Waals surface area contributed by atoms with Gasteiger partial charge in [-0.3, -0.25) is 14.5 Å². The molecule has 3 aromatic carbocycles. The smallest absolute Gasteiger partial charge is 0.238 e. The molecule has 0 radical (unpaired) electrons. The minimum atomic E-state index is -0.741. The van der Waals surface area contributed by atoms with Crippen molar-refractivity contribution in [3.63, 3.8) is 0 Å². The number of nitrogens with zero attached hydrogens (tertiary/aromatic N) is 2. The molecule has 0 spiro atoms. The number of para-hydroxylation sites is 1. The third-order valence-electron chi connectivity index (χ3n) is 5.66. The fourth-order valence-electron chi connectivity index (χ4n) is 3.77. The maximum Gasteiger partial charge on any atom is 0.238 e. The van der Waals surface area contributed by atoms with Gasteiger partial charge in [-0.1, -0.05) is 47.6 Å². The van der Waals surface area contributed by atoms with Gasteiger partial charge in [0.15, 0.2) is 16.7 Å². The van der Waals surface area contributed by atoms with Crippen LogP contribution in [0, 0.1) is 5.82 Å². The average Bonchev–Trinajstić information content (AvgIpc) is 2.89. The third-order valence-corrected chi connectivity index (χ3v) is 7.09. The number of ether oxygens (including phenoxy) is 2. The summed E-state index contributed by atoms with van der Waals surface area (Å²) in [5.74, 6) is 0.0268. The van der Waals surface area contributed by atoms with Gasteiger partial charge in [0.1, 0.15) is 16.8 Å². The van der Waals surface area contributed by atoms with E-state index in [1.807, 2.05) is 12.1 Å². The van der Waals surface area contributed by atoms with Gasteiger partial charge >= 0.3 is 0 Å². The maximum absolute atomic E-state index is 14.4. The van der Waals surface area contributed by atoms with Crippen LogP contribution >= 0.6 is 23.4 Å². The number of amides is 2. The fourth-order valence-corrected chi connectivity index (χ4v) is 5.08. The fraction of sp³-hybridized carbons (Fsp3) is 0.222. The third kappa shape index (κ3) is 6.61. The van der Waals surface area contributed by atoms with Gasteiger partial charge in [0, 0.05) is 23.7 Å². The van der Waals surface area contributed by atoms with Crippen molar-refractivity contribution in [3.05, 3.63) is 83.1 Å². The first-order chi connectivity index (χ1) is 17.9. The van der Waals surface area contributed by atoms with E-state index < -0.39 is 11.1 Å². The summed E-state index contributed by atoms with van der Waals surface area (Å²) in [4.78, 5) is 32.2. The molecule has 0 bridgehead atoms. The first-order valence-corrected chi connectivity index (χ1v) is 12.7. The Morgan fingerprint density at radius 1 is 1.11 bits per heavy atom. The van der Waals surface area contributed by atoms with E-state index in [2.05, 4.69) is 10.3 Å². The molecule has 3 aromatic rings. The summed E-state index contributed by atoms with van der Waals surface area (Å²) in [7, 11) is 3.12. The van der Waals surface area contributed by atoms with Crippen molar-refractivity contribution in [1.82, 2.24) is 4.90 Å². The Morgan fingerprint density at radius 2 is 1.89 bits per heavy atom. The lowest BCUT2D eigenvalue weighted by molar-refractivity contribution is -0.129. The summed E-state index contributed by atoms with van der Waals surface area (Å²) in [6.45, 7) is 0.289. The number of carbonyl (C=O) groups excluding carboxylic acids is 2. The van der Waals surface area contributed by atoms with Gasteiger partial charge in [-0.15, -0.1) is 0 Å². The van der Waals surface area contributed by atoms with Gasteiger partial charge in [-0.2, -0.15) is 0 Å². The maximum atomic E-state index is 14.4. The van der Waals surface area contributed by atoms with Gasteiger partial charge in [0.05, 0.1) is 14.2 Å². The van der Waals surface area contributed by atoms with Crippen molar-refractivity contribution in [3.8, 4) is 11.5 Å². The number of anilines is 1. The number of halogens is 2. The Balaban J connectivity index is 1.57. The number of nitrogens with one attached hydrogen (secondary N) is 1. The van der Waals surface area contributed by atoms with Gasteiger partial charge in [0.2, 0.25) is 11.8 Å². The summed E-state index contributed by atoms with van der Waals surface area (Å²) >= 11 is 7.15. The summed E-state index contributed by atoms with van der Waals surface area (Å²) in [6.07, 6.45) is 0.460. The van der Waals surface area contributed by atoms with Crippen molar-refractivity contribution in [2.45, 2.75) is 18.1 Å².